The Morgan fingerprint density at radius 1 is 0.299 bits per heavy atom. The molecule has 2 heteroatoms. The number of hydrogen-bond donors (Lipinski definition) is 0. The minimum absolute atomic E-state index is 0.438. The minimum Gasteiger partial charge on any atom is -0.310 e. The van der Waals surface area contributed by atoms with Gasteiger partial charge < -0.3 is 4.90 Å². The fourth-order valence-corrected chi connectivity index (χ4v) is 12.8. The zero-order valence-corrected chi connectivity index (χ0v) is 37.3. The number of fused-ring (bicyclic) bond motifs is 14. The van der Waals surface area contributed by atoms with Gasteiger partial charge in [-0.25, -0.2) is 0 Å². The monoisotopic (exact) mass is 867 g/mol. The van der Waals surface area contributed by atoms with Crippen molar-refractivity contribution in [2.45, 2.75) is 5.41 Å². The van der Waals surface area contributed by atoms with Crippen molar-refractivity contribution >= 4 is 59.3 Å². The summed E-state index contributed by atoms with van der Waals surface area (Å²) < 4.78 is 2.63. The van der Waals surface area contributed by atoms with E-state index in [-0.39, 0.29) is 0 Å². The molecule has 0 aliphatic heterocycles. The normalized spacial score (nSPS) is 12.9. The predicted octanol–water partition coefficient (Wildman–Crippen LogP) is 18.0. The largest absolute Gasteiger partial charge is 0.310 e. The molecule has 0 N–H and O–H groups in total. The van der Waals surface area contributed by atoms with Crippen LogP contribution in [0.1, 0.15) is 22.3 Å². The minimum atomic E-state index is -0.438. The van der Waals surface area contributed by atoms with E-state index >= 15 is 0 Å². The average molecular weight is 868 g/mol. The Morgan fingerprint density at radius 3 is 1.49 bits per heavy atom. The molecular weight excluding hydrogens is 827 g/mol. The van der Waals surface area contributed by atoms with Crippen molar-refractivity contribution in [1.82, 2.24) is 0 Å². The van der Waals surface area contributed by atoms with Crippen LogP contribution in [0.2, 0.25) is 0 Å². The molecule has 1 spiro atoms. The summed E-state index contributed by atoms with van der Waals surface area (Å²) in [6, 6.07) is 92.5. The van der Waals surface area contributed by atoms with E-state index in [1.807, 2.05) is 11.3 Å². The first-order valence-electron chi connectivity index (χ1n) is 23.2. The molecule has 312 valence electrons. The fraction of sp³-hybridized carbons (Fsp3) is 0.0154. The van der Waals surface area contributed by atoms with Gasteiger partial charge in [0.2, 0.25) is 0 Å². The maximum Gasteiger partial charge on any atom is 0.0726 e. The smallest absolute Gasteiger partial charge is 0.0726 e. The van der Waals surface area contributed by atoms with E-state index in [0.717, 1.165) is 17.1 Å². The Bertz CT molecular complexity index is 3850. The van der Waals surface area contributed by atoms with Crippen molar-refractivity contribution in [2.24, 2.45) is 0 Å². The van der Waals surface area contributed by atoms with Gasteiger partial charge in [-0.1, -0.05) is 200 Å². The Balaban J connectivity index is 0.957. The molecule has 14 rings (SSSR count). The van der Waals surface area contributed by atoms with E-state index in [1.165, 1.54) is 109 Å². The summed E-state index contributed by atoms with van der Waals surface area (Å²) in [5.74, 6) is 0. The van der Waals surface area contributed by atoms with Crippen LogP contribution in [-0.2, 0) is 5.41 Å². The molecule has 1 nitrogen and oxygen atoms in total. The summed E-state index contributed by atoms with van der Waals surface area (Å²) in [5.41, 5.74) is 20.8. The molecule has 0 amide bonds. The van der Waals surface area contributed by atoms with Crippen LogP contribution in [0, 0.1) is 0 Å². The van der Waals surface area contributed by atoms with Crippen molar-refractivity contribution in [3.8, 4) is 55.6 Å². The van der Waals surface area contributed by atoms with Crippen molar-refractivity contribution < 1.29 is 0 Å². The number of thiophene rings is 1. The summed E-state index contributed by atoms with van der Waals surface area (Å²) in [4.78, 5) is 2.45. The van der Waals surface area contributed by atoms with E-state index in [4.69, 9.17) is 0 Å². The van der Waals surface area contributed by atoms with Gasteiger partial charge in [0.15, 0.2) is 0 Å². The molecule has 0 radical (unpaired) electrons. The molecule has 1 aromatic heterocycles. The molecule has 2 aliphatic rings. The van der Waals surface area contributed by atoms with Crippen molar-refractivity contribution in [3.05, 3.63) is 271 Å². The lowest BCUT2D eigenvalue weighted by Gasteiger charge is -2.32. The van der Waals surface area contributed by atoms with Gasteiger partial charge in [-0.15, -0.1) is 11.3 Å². The summed E-state index contributed by atoms with van der Waals surface area (Å²) in [6.07, 6.45) is 0. The third-order valence-corrected chi connectivity index (χ3v) is 15.7. The topological polar surface area (TPSA) is 3.24 Å². The van der Waals surface area contributed by atoms with Gasteiger partial charge in [0.1, 0.15) is 0 Å². The van der Waals surface area contributed by atoms with Crippen LogP contribution in [0.15, 0.2) is 249 Å². The molecule has 0 fully saturated rings. The van der Waals surface area contributed by atoms with Crippen LogP contribution in [0.5, 0.6) is 0 Å². The van der Waals surface area contributed by atoms with Crippen molar-refractivity contribution in [3.63, 3.8) is 0 Å². The third-order valence-electron chi connectivity index (χ3n) is 14.5. The highest BCUT2D eigenvalue weighted by Gasteiger charge is 2.51. The number of benzene rings is 11. The van der Waals surface area contributed by atoms with Crippen LogP contribution in [-0.4, -0.2) is 0 Å². The number of anilines is 3. The van der Waals surface area contributed by atoms with E-state index in [1.54, 1.807) is 0 Å². The molecule has 0 unspecified atom stereocenters. The van der Waals surface area contributed by atoms with Gasteiger partial charge in [0, 0.05) is 42.8 Å². The van der Waals surface area contributed by atoms with E-state index in [9.17, 15) is 0 Å². The van der Waals surface area contributed by atoms with Crippen LogP contribution in [0.4, 0.5) is 17.1 Å². The van der Waals surface area contributed by atoms with Gasteiger partial charge in [0.05, 0.1) is 5.41 Å². The fourth-order valence-electron chi connectivity index (χ4n) is 11.6. The van der Waals surface area contributed by atoms with Gasteiger partial charge in [-0.05, 0) is 132 Å². The third kappa shape index (κ3) is 5.67. The summed E-state index contributed by atoms with van der Waals surface area (Å²) in [6.45, 7) is 0. The van der Waals surface area contributed by atoms with Gasteiger partial charge in [-0.3, -0.25) is 0 Å². The van der Waals surface area contributed by atoms with E-state index in [0.29, 0.717) is 0 Å². The zero-order chi connectivity index (χ0) is 44.1. The van der Waals surface area contributed by atoms with Gasteiger partial charge >= 0.3 is 0 Å². The Kier molecular flexibility index (Phi) is 8.44. The molecule has 0 saturated carbocycles. The highest BCUT2D eigenvalue weighted by atomic mass is 32.1. The lowest BCUT2D eigenvalue weighted by molar-refractivity contribution is 0.793. The van der Waals surface area contributed by atoms with E-state index < -0.39 is 5.41 Å². The highest BCUT2D eigenvalue weighted by molar-refractivity contribution is 7.26. The Morgan fingerprint density at radius 2 is 0.806 bits per heavy atom. The maximum absolute atomic E-state index is 2.49. The SMILES string of the molecule is c1ccc(-c2ccc(N(c3ccc(-c4ccc5c(sc6ccccc65)c4-c4ccc5ccccc5c4)cc3)c3ccc4c(c3)C3(c5ccccc5-c5ccccc53)c3ccccc3-4)cc2)cc1. The predicted molar refractivity (Wildman–Crippen MR) is 284 cm³/mol. The first-order chi connectivity index (χ1) is 33.2. The zero-order valence-electron chi connectivity index (χ0n) is 36.5. The highest BCUT2D eigenvalue weighted by Crippen LogP contribution is 2.63. The number of hydrogen-bond acceptors (Lipinski definition) is 2. The number of nitrogens with zero attached hydrogens (tertiary/aromatic N) is 1. The lowest BCUT2D eigenvalue weighted by Crippen LogP contribution is -2.26. The molecule has 11 aromatic carbocycles. The molecule has 2 aliphatic carbocycles. The van der Waals surface area contributed by atoms with Crippen LogP contribution in [0.25, 0.3) is 86.6 Å². The van der Waals surface area contributed by atoms with Crippen LogP contribution in [0.3, 0.4) is 0 Å². The molecule has 0 saturated heterocycles. The van der Waals surface area contributed by atoms with Crippen molar-refractivity contribution in [2.75, 3.05) is 4.90 Å². The molecule has 0 atom stereocenters. The van der Waals surface area contributed by atoms with Gasteiger partial charge in [-0.2, -0.15) is 0 Å². The standard InChI is InChI=1S/C65H41NS/c1-2-14-42(15-3-1)44-28-32-48(33-29-44)66(50-36-37-55-54-20-8-12-24-60(54)65(61(55)41-50)58-22-10-6-18-52(58)53-19-7-11-23-59(53)65)49-34-30-45(31-35-49)51-38-39-57-56-21-9-13-25-62(56)67-64(57)63(51)47-27-26-43-16-4-5-17-46(43)40-47/h1-41H. The Labute approximate surface area is 394 Å². The maximum atomic E-state index is 2.49. The molecule has 12 aromatic rings. The molecular formula is C65H41NS. The molecule has 67 heavy (non-hydrogen) atoms. The summed E-state index contributed by atoms with van der Waals surface area (Å²) in [5, 5.41) is 5.11. The van der Waals surface area contributed by atoms with Crippen LogP contribution >= 0.6 is 11.3 Å². The Hall–Kier alpha value is -8.30. The summed E-state index contributed by atoms with van der Waals surface area (Å²) in [7, 11) is 0. The average Bonchev–Trinajstić information content (AvgIpc) is 4.03. The number of rotatable bonds is 6. The lowest BCUT2D eigenvalue weighted by atomic mass is 9.70. The second-order valence-corrected chi connectivity index (χ2v) is 19.0. The van der Waals surface area contributed by atoms with Crippen molar-refractivity contribution in [1.29, 1.82) is 0 Å². The first kappa shape index (κ1) is 38.0. The van der Waals surface area contributed by atoms with E-state index in [2.05, 4.69) is 254 Å². The van der Waals surface area contributed by atoms with Gasteiger partial charge in [0.25, 0.3) is 0 Å². The quantitative estimate of drug-likeness (QED) is 0.161. The molecule has 1 heterocycles. The summed E-state index contributed by atoms with van der Waals surface area (Å²) >= 11 is 1.90. The molecule has 0 bridgehead atoms. The second kappa shape index (κ2) is 14.9. The second-order valence-electron chi connectivity index (χ2n) is 17.9. The first-order valence-corrected chi connectivity index (χ1v) is 24.0. The van der Waals surface area contributed by atoms with Crippen LogP contribution < -0.4 is 4.90 Å².